The van der Waals surface area contributed by atoms with E-state index in [1.165, 1.54) is 6.33 Å². The van der Waals surface area contributed by atoms with Crippen LogP contribution in [0.25, 0.3) is 22.3 Å². The molecule has 0 aliphatic carbocycles. The number of benzene rings is 1. The summed E-state index contributed by atoms with van der Waals surface area (Å²) < 4.78 is 1.98. The number of hydrogen-bond donors (Lipinski definition) is 3. The number of rotatable bonds is 8. The molecule has 0 aliphatic heterocycles. The van der Waals surface area contributed by atoms with E-state index < -0.39 is 6.23 Å². The highest BCUT2D eigenvalue weighted by molar-refractivity contribution is 5.86. The lowest BCUT2D eigenvalue weighted by Gasteiger charge is -2.15. The lowest BCUT2D eigenvalue weighted by Crippen LogP contribution is -2.20. The molecular formula is C22H26N8O. The first-order valence-electron chi connectivity index (χ1n) is 10.4. The Labute approximate surface area is 180 Å². The van der Waals surface area contributed by atoms with Gasteiger partial charge >= 0.3 is 0 Å². The Hall–Kier alpha value is -3.59. The highest BCUT2D eigenvalue weighted by Crippen LogP contribution is 2.27. The number of aliphatic hydroxyl groups excluding tert-OH is 1. The third kappa shape index (κ3) is 4.61. The van der Waals surface area contributed by atoms with Crippen LogP contribution in [0.2, 0.25) is 0 Å². The lowest BCUT2D eigenvalue weighted by molar-refractivity contribution is 0.191. The molecule has 3 heterocycles. The molecule has 160 valence electrons. The molecule has 0 spiro atoms. The molecule has 1 aromatic carbocycles. The van der Waals surface area contributed by atoms with E-state index in [0.717, 1.165) is 23.2 Å². The summed E-state index contributed by atoms with van der Waals surface area (Å²) in [4.78, 5) is 21.8. The molecule has 3 N–H and O–H groups in total. The third-order valence-electron chi connectivity index (χ3n) is 4.88. The standard InChI is InChI=1S/C22H26N8O/c1-4-5-18(31)27-22-28-20(19-21(29-22)30(13-25-19)14(2)3)26-17-8-6-15(7-9-17)16-10-23-12-24-11-16/h6-14,18,31H,4-5H2,1-3H3,(H2,26,27,28,29)/t18-/m0/s1. The highest BCUT2D eigenvalue weighted by atomic mass is 16.3. The smallest absolute Gasteiger partial charge is 0.228 e. The molecule has 9 heteroatoms. The van der Waals surface area contributed by atoms with Gasteiger partial charge in [0.2, 0.25) is 5.95 Å². The molecule has 0 unspecified atom stereocenters. The molecular weight excluding hydrogens is 392 g/mol. The fourth-order valence-electron chi connectivity index (χ4n) is 3.27. The lowest BCUT2D eigenvalue weighted by atomic mass is 10.1. The van der Waals surface area contributed by atoms with Crippen molar-refractivity contribution >= 4 is 28.6 Å². The van der Waals surface area contributed by atoms with Crippen LogP contribution < -0.4 is 10.6 Å². The average Bonchev–Trinajstić information content (AvgIpc) is 3.20. The maximum atomic E-state index is 10.2. The summed E-state index contributed by atoms with van der Waals surface area (Å²) in [6.07, 6.45) is 7.59. The Morgan fingerprint density at radius 2 is 1.77 bits per heavy atom. The number of fused-ring (bicyclic) bond motifs is 1. The predicted octanol–water partition coefficient (Wildman–Crippen LogP) is 4.14. The van der Waals surface area contributed by atoms with Crippen molar-refractivity contribution in [2.45, 2.75) is 45.9 Å². The molecule has 1 atom stereocenters. The number of aliphatic hydroxyl groups is 1. The number of aromatic nitrogens is 6. The van der Waals surface area contributed by atoms with Crippen molar-refractivity contribution in [3.63, 3.8) is 0 Å². The van der Waals surface area contributed by atoms with Gasteiger partial charge in [0.1, 0.15) is 12.6 Å². The van der Waals surface area contributed by atoms with Gasteiger partial charge in [0.05, 0.1) is 6.33 Å². The van der Waals surface area contributed by atoms with Crippen LogP contribution in [-0.4, -0.2) is 40.8 Å². The minimum atomic E-state index is -0.710. The zero-order chi connectivity index (χ0) is 21.8. The van der Waals surface area contributed by atoms with Gasteiger partial charge in [-0.15, -0.1) is 0 Å². The number of imidazole rings is 1. The first-order valence-corrected chi connectivity index (χ1v) is 10.4. The summed E-state index contributed by atoms with van der Waals surface area (Å²) in [7, 11) is 0. The largest absolute Gasteiger partial charge is 0.374 e. The molecule has 4 aromatic rings. The summed E-state index contributed by atoms with van der Waals surface area (Å²) in [6.45, 7) is 6.16. The quantitative estimate of drug-likeness (QED) is 0.366. The Morgan fingerprint density at radius 3 is 2.45 bits per heavy atom. The average molecular weight is 419 g/mol. The topological polar surface area (TPSA) is 114 Å². The minimum Gasteiger partial charge on any atom is -0.374 e. The SMILES string of the molecule is CCC[C@H](O)Nc1nc(Nc2ccc(-c3cncnc3)cc2)c2ncn(C(C)C)c2n1. The summed E-state index contributed by atoms with van der Waals surface area (Å²) >= 11 is 0. The van der Waals surface area contributed by atoms with Crippen LogP contribution in [-0.2, 0) is 0 Å². The van der Waals surface area contributed by atoms with Gasteiger partial charge in [-0.05, 0) is 38.0 Å². The molecule has 0 bridgehead atoms. The van der Waals surface area contributed by atoms with E-state index in [1.54, 1.807) is 18.7 Å². The molecule has 0 aliphatic rings. The number of nitrogens with zero attached hydrogens (tertiary/aromatic N) is 6. The van der Waals surface area contributed by atoms with Gasteiger partial charge in [-0.25, -0.2) is 15.0 Å². The third-order valence-corrected chi connectivity index (χ3v) is 4.88. The Balaban J connectivity index is 1.67. The van der Waals surface area contributed by atoms with Crippen molar-refractivity contribution in [2.24, 2.45) is 0 Å². The normalized spacial score (nSPS) is 12.3. The molecule has 0 radical (unpaired) electrons. The molecule has 4 rings (SSSR count). The van der Waals surface area contributed by atoms with Crippen molar-refractivity contribution in [3.05, 3.63) is 49.3 Å². The maximum Gasteiger partial charge on any atom is 0.228 e. The van der Waals surface area contributed by atoms with E-state index in [4.69, 9.17) is 0 Å². The van der Waals surface area contributed by atoms with Crippen LogP contribution >= 0.6 is 0 Å². The van der Waals surface area contributed by atoms with Crippen molar-refractivity contribution in [1.29, 1.82) is 0 Å². The molecule has 0 fully saturated rings. The Kier molecular flexibility index (Phi) is 6.03. The Bertz CT molecular complexity index is 1140. The number of anilines is 3. The van der Waals surface area contributed by atoms with Gasteiger partial charge in [-0.2, -0.15) is 9.97 Å². The molecule has 0 saturated heterocycles. The summed E-state index contributed by atoms with van der Waals surface area (Å²) in [5.41, 5.74) is 4.21. The van der Waals surface area contributed by atoms with Gasteiger partial charge in [-0.3, -0.25) is 0 Å². The first kappa shape index (κ1) is 20.7. The van der Waals surface area contributed by atoms with Gasteiger partial charge in [0, 0.05) is 29.7 Å². The van der Waals surface area contributed by atoms with Crippen LogP contribution in [0.5, 0.6) is 0 Å². The van der Waals surface area contributed by atoms with Crippen molar-refractivity contribution in [3.8, 4) is 11.1 Å². The van der Waals surface area contributed by atoms with Crippen LogP contribution in [0.15, 0.2) is 49.3 Å². The molecule has 0 saturated carbocycles. The highest BCUT2D eigenvalue weighted by Gasteiger charge is 2.16. The van der Waals surface area contributed by atoms with Gasteiger partial charge in [-0.1, -0.05) is 25.5 Å². The second-order valence-electron chi connectivity index (χ2n) is 7.59. The van der Waals surface area contributed by atoms with Gasteiger partial charge in [0.25, 0.3) is 0 Å². The number of hydrogen-bond acceptors (Lipinski definition) is 8. The molecule has 9 nitrogen and oxygen atoms in total. The van der Waals surface area contributed by atoms with Crippen LogP contribution in [0.1, 0.15) is 39.7 Å². The minimum absolute atomic E-state index is 0.188. The van der Waals surface area contributed by atoms with E-state index >= 15 is 0 Å². The van der Waals surface area contributed by atoms with E-state index in [-0.39, 0.29) is 6.04 Å². The monoisotopic (exact) mass is 418 g/mol. The second kappa shape index (κ2) is 9.05. The van der Waals surface area contributed by atoms with E-state index in [2.05, 4.69) is 49.4 Å². The van der Waals surface area contributed by atoms with E-state index in [0.29, 0.717) is 29.4 Å². The van der Waals surface area contributed by atoms with Crippen molar-refractivity contribution in [2.75, 3.05) is 10.6 Å². The fourth-order valence-corrected chi connectivity index (χ4v) is 3.27. The first-order chi connectivity index (χ1) is 15.0. The summed E-state index contributed by atoms with van der Waals surface area (Å²) in [5.74, 6) is 0.933. The van der Waals surface area contributed by atoms with Crippen LogP contribution in [0.3, 0.4) is 0 Å². The molecule has 3 aromatic heterocycles. The Morgan fingerprint density at radius 1 is 1.03 bits per heavy atom. The van der Waals surface area contributed by atoms with E-state index in [1.807, 2.05) is 35.8 Å². The fraction of sp³-hybridized carbons (Fsp3) is 0.318. The number of nitrogens with one attached hydrogen (secondary N) is 2. The zero-order valence-electron chi connectivity index (χ0n) is 17.8. The van der Waals surface area contributed by atoms with E-state index in [9.17, 15) is 5.11 Å². The van der Waals surface area contributed by atoms with Crippen molar-refractivity contribution in [1.82, 2.24) is 29.5 Å². The van der Waals surface area contributed by atoms with Gasteiger partial charge < -0.3 is 20.3 Å². The van der Waals surface area contributed by atoms with Crippen LogP contribution in [0, 0.1) is 0 Å². The second-order valence-corrected chi connectivity index (χ2v) is 7.59. The predicted molar refractivity (Wildman–Crippen MR) is 121 cm³/mol. The van der Waals surface area contributed by atoms with Crippen molar-refractivity contribution < 1.29 is 5.11 Å². The zero-order valence-corrected chi connectivity index (χ0v) is 17.8. The summed E-state index contributed by atoms with van der Waals surface area (Å²) in [6, 6.07) is 8.12. The van der Waals surface area contributed by atoms with Gasteiger partial charge in [0.15, 0.2) is 17.0 Å². The summed E-state index contributed by atoms with van der Waals surface area (Å²) in [5, 5.41) is 16.5. The molecule has 31 heavy (non-hydrogen) atoms. The van der Waals surface area contributed by atoms with Crippen LogP contribution in [0.4, 0.5) is 17.5 Å². The maximum absolute atomic E-state index is 10.2. The molecule has 0 amide bonds.